The van der Waals surface area contributed by atoms with Crippen LogP contribution in [0.3, 0.4) is 0 Å². The smallest absolute Gasteiger partial charge is 0.268 e. The summed E-state index contributed by atoms with van der Waals surface area (Å²) in [6.07, 6.45) is 6.41. The maximum absolute atomic E-state index is 13.3. The van der Waals surface area contributed by atoms with Crippen LogP contribution in [0.25, 0.3) is 22.4 Å². The maximum Gasteiger partial charge on any atom is 0.268 e. The molecule has 0 aliphatic rings. The highest BCUT2D eigenvalue weighted by molar-refractivity contribution is 7.90. The highest BCUT2D eigenvalue weighted by Crippen LogP contribution is 2.30. The molecule has 1 heterocycles. The summed E-state index contributed by atoms with van der Waals surface area (Å²) in [5, 5.41) is 4.33. The van der Waals surface area contributed by atoms with E-state index < -0.39 is 15.7 Å². The fourth-order valence-electron chi connectivity index (χ4n) is 2.61. The summed E-state index contributed by atoms with van der Waals surface area (Å²) in [6.45, 7) is 0.000322. The number of benzene rings is 2. The lowest BCUT2D eigenvalue weighted by Crippen LogP contribution is -2.22. The molecule has 136 valence electrons. The first-order valence-electron chi connectivity index (χ1n) is 7.91. The van der Waals surface area contributed by atoms with Crippen molar-refractivity contribution in [2.45, 2.75) is 11.4 Å². The van der Waals surface area contributed by atoms with E-state index in [-0.39, 0.29) is 17.0 Å². The van der Waals surface area contributed by atoms with Gasteiger partial charge in [0.15, 0.2) is 9.84 Å². The monoisotopic (exact) mass is 382 g/mol. The third kappa shape index (κ3) is 3.96. The number of nitrogens with zero attached hydrogens (tertiary/aromatic N) is 2. The second-order valence-corrected chi connectivity index (χ2v) is 7.93. The van der Waals surface area contributed by atoms with Crippen LogP contribution in [0.15, 0.2) is 64.3 Å². The van der Waals surface area contributed by atoms with Crippen molar-refractivity contribution in [1.82, 2.24) is 9.78 Å². The molecule has 0 aliphatic heterocycles. The van der Waals surface area contributed by atoms with E-state index in [2.05, 4.69) is 11.0 Å². The van der Waals surface area contributed by atoms with Crippen molar-refractivity contribution in [2.75, 3.05) is 6.26 Å². The Morgan fingerprint density at radius 3 is 2.22 bits per heavy atom. The molecule has 0 fully saturated rings. The Balaban J connectivity index is 2.22. The topological polar surface area (TPSA) is 69.0 Å². The van der Waals surface area contributed by atoms with Gasteiger partial charge in [-0.2, -0.15) is 5.10 Å². The van der Waals surface area contributed by atoms with Crippen LogP contribution in [0.4, 0.5) is 4.39 Å². The summed E-state index contributed by atoms with van der Waals surface area (Å²) in [7, 11) is -3.34. The van der Waals surface area contributed by atoms with Crippen LogP contribution in [0, 0.1) is 18.2 Å². The molecule has 27 heavy (non-hydrogen) atoms. The summed E-state index contributed by atoms with van der Waals surface area (Å²) in [5.74, 6) is 1.98. The third-order valence-electron chi connectivity index (χ3n) is 3.95. The summed E-state index contributed by atoms with van der Waals surface area (Å²) >= 11 is 0. The van der Waals surface area contributed by atoms with Crippen LogP contribution < -0.4 is 5.56 Å². The van der Waals surface area contributed by atoms with Gasteiger partial charge >= 0.3 is 0 Å². The van der Waals surface area contributed by atoms with Gasteiger partial charge < -0.3 is 0 Å². The van der Waals surface area contributed by atoms with Crippen molar-refractivity contribution in [3.05, 3.63) is 70.8 Å². The molecule has 0 N–H and O–H groups in total. The van der Waals surface area contributed by atoms with Gasteiger partial charge in [0.25, 0.3) is 5.56 Å². The van der Waals surface area contributed by atoms with Gasteiger partial charge in [0.1, 0.15) is 12.4 Å². The van der Waals surface area contributed by atoms with Crippen LogP contribution in [-0.4, -0.2) is 24.5 Å². The predicted molar refractivity (Wildman–Crippen MR) is 101 cm³/mol. The number of terminal acetylenes is 1. The predicted octanol–water partition coefficient (Wildman–Crippen LogP) is 2.75. The molecule has 3 rings (SSSR count). The van der Waals surface area contributed by atoms with Crippen molar-refractivity contribution in [3.8, 4) is 34.7 Å². The lowest BCUT2D eigenvalue weighted by atomic mass is 10.00. The van der Waals surface area contributed by atoms with Crippen molar-refractivity contribution in [3.63, 3.8) is 0 Å². The first kappa shape index (κ1) is 18.5. The molecule has 0 amide bonds. The Morgan fingerprint density at radius 1 is 1.07 bits per heavy atom. The fraction of sp³-hybridized carbons (Fsp3) is 0.100. The molecular weight excluding hydrogens is 367 g/mol. The molecule has 5 nitrogen and oxygen atoms in total. The van der Waals surface area contributed by atoms with E-state index in [4.69, 9.17) is 6.42 Å². The number of hydrogen-bond acceptors (Lipinski definition) is 4. The quantitative estimate of drug-likeness (QED) is 0.651. The van der Waals surface area contributed by atoms with Gasteiger partial charge in [-0.25, -0.2) is 17.5 Å². The highest BCUT2D eigenvalue weighted by Gasteiger charge is 2.14. The number of hydrogen-bond donors (Lipinski definition) is 0. The Morgan fingerprint density at radius 2 is 1.67 bits per heavy atom. The first-order chi connectivity index (χ1) is 12.8. The molecule has 3 aromatic rings. The number of aromatic nitrogens is 2. The van der Waals surface area contributed by atoms with Crippen molar-refractivity contribution in [1.29, 1.82) is 0 Å². The molecule has 0 unspecified atom stereocenters. The first-order valence-corrected chi connectivity index (χ1v) is 9.81. The normalized spacial score (nSPS) is 11.1. The molecule has 0 spiro atoms. The van der Waals surface area contributed by atoms with Crippen LogP contribution in [0.2, 0.25) is 0 Å². The highest BCUT2D eigenvalue weighted by atomic mass is 32.2. The largest absolute Gasteiger partial charge is 0.268 e. The average molecular weight is 382 g/mol. The van der Waals surface area contributed by atoms with Gasteiger partial charge in [-0.15, -0.1) is 6.42 Å². The van der Waals surface area contributed by atoms with E-state index in [9.17, 15) is 17.6 Å². The Kier molecular flexibility index (Phi) is 4.93. The minimum absolute atomic E-state index is 0.000322. The lowest BCUT2D eigenvalue weighted by Gasteiger charge is -2.12. The van der Waals surface area contributed by atoms with Crippen LogP contribution in [0.1, 0.15) is 0 Å². The third-order valence-corrected chi connectivity index (χ3v) is 5.08. The Hall–Kier alpha value is -3.24. The Labute approximate surface area is 156 Å². The molecule has 0 saturated heterocycles. The lowest BCUT2D eigenvalue weighted by molar-refractivity contribution is 0.602. The Bertz CT molecular complexity index is 1190. The molecule has 0 atom stereocenters. The van der Waals surface area contributed by atoms with Gasteiger partial charge in [0.05, 0.1) is 10.6 Å². The summed E-state index contributed by atoms with van der Waals surface area (Å²) in [5.41, 5.74) is 1.77. The van der Waals surface area contributed by atoms with Gasteiger partial charge in [-0.3, -0.25) is 4.79 Å². The zero-order valence-electron chi connectivity index (χ0n) is 14.4. The molecule has 0 bridgehead atoms. The van der Waals surface area contributed by atoms with Crippen LogP contribution in [0.5, 0.6) is 0 Å². The van der Waals surface area contributed by atoms with Crippen molar-refractivity contribution in [2.24, 2.45) is 0 Å². The minimum Gasteiger partial charge on any atom is -0.268 e. The van der Waals surface area contributed by atoms with E-state index >= 15 is 0 Å². The van der Waals surface area contributed by atoms with Gasteiger partial charge in [0.2, 0.25) is 0 Å². The fourth-order valence-corrected chi connectivity index (χ4v) is 3.24. The van der Waals surface area contributed by atoms with Gasteiger partial charge in [-0.05, 0) is 42.0 Å². The van der Waals surface area contributed by atoms with E-state index in [1.165, 1.54) is 30.3 Å². The number of sulfone groups is 1. The zero-order chi connectivity index (χ0) is 19.6. The SMILES string of the molecule is C#CCn1nc(-c2ccc(F)cc2)c(-c2ccc(S(C)(=O)=O)cc2)cc1=O. The van der Waals surface area contributed by atoms with Crippen molar-refractivity contribution < 1.29 is 12.8 Å². The standard InChI is InChI=1S/C20H15FN2O3S/c1-3-12-23-19(24)13-18(14-6-10-17(11-7-14)27(2,25)26)20(22-23)15-4-8-16(21)9-5-15/h1,4-11,13H,12H2,2H3. The molecule has 2 aromatic carbocycles. The van der Waals surface area contributed by atoms with E-state index in [0.29, 0.717) is 22.4 Å². The molecule has 0 aliphatic carbocycles. The van der Waals surface area contributed by atoms with Gasteiger partial charge in [-0.1, -0.05) is 18.1 Å². The molecule has 0 radical (unpaired) electrons. The van der Waals surface area contributed by atoms with Gasteiger partial charge in [0, 0.05) is 23.4 Å². The van der Waals surface area contributed by atoms with Crippen LogP contribution in [-0.2, 0) is 16.4 Å². The molecule has 0 saturated carbocycles. The second kappa shape index (κ2) is 7.17. The van der Waals surface area contributed by atoms with Crippen molar-refractivity contribution >= 4 is 9.84 Å². The number of rotatable bonds is 4. The van der Waals surface area contributed by atoms with Crippen LogP contribution >= 0.6 is 0 Å². The summed E-state index contributed by atoms with van der Waals surface area (Å²) < 4.78 is 37.7. The second-order valence-electron chi connectivity index (χ2n) is 5.91. The maximum atomic E-state index is 13.3. The summed E-state index contributed by atoms with van der Waals surface area (Å²) in [4.78, 5) is 12.5. The molecular formula is C20H15FN2O3S. The van der Waals surface area contributed by atoms with E-state index in [1.807, 2.05) is 0 Å². The minimum atomic E-state index is -3.34. The van der Waals surface area contributed by atoms with E-state index in [0.717, 1.165) is 10.9 Å². The average Bonchev–Trinajstić information content (AvgIpc) is 2.63. The summed E-state index contributed by atoms with van der Waals surface area (Å²) in [6, 6.07) is 13.2. The zero-order valence-corrected chi connectivity index (χ0v) is 15.2. The molecule has 7 heteroatoms. The molecule has 1 aromatic heterocycles. The van der Waals surface area contributed by atoms with E-state index in [1.54, 1.807) is 24.3 Å². The number of halogens is 1.